The Kier molecular flexibility index (Phi) is 7.10. The summed E-state index contributed by atoms with van der Waals surface area (Å²) in [6.45, 7) is 0.387. The van der Waals surface area contributed by atoms with Crippen LogP contribution < -0.4 is 9.47 Å². The van der Waals surface area contributed by atoms with Crippen molar-refractivity contribution in [2.24, 2.45) is 0 Å². The minimum Gasteiger partial charge on any atom is -0.507 e. The maximum atomic E-state index is 12.9. The largest absolute Gasteiger partial charge is 0.507 e. The van der Waals surface area contributed by atoms with Gasteiger partial charge >= 0.3 is 0 Å². The van der Waals surface area contributed by atoms with Crippen LogP contribution in [-0.4, -0.2) is 56.2 Å². The van der Waals surface area contributed by atoms with Crippen LogP contribution in [0.5, 0.6) is 11.5 Å². The second-order valence-corrected chi connectivity index (χ2v) is 7.55. The maximum absolute atomic E-state index is 12.9. The Bertz CT molecular complexity index is 1010. The predicted molar refractivity (Wildman–Crippen MR) is 117 cm³/mol. The Hall–Kier alpha value is -2.74. The van der Waals surface area contributed by atoms with Gasteiger partial charge in [0.2, 0.25) is 0 Å². The summed E-state index contributed by atoms with van der Waals surface area (Å²) in [7, 11) is 4.45. The lowest BCUT2D eigenvalue weighted by Gasteiger charge is -2.25. The molecule has 0 aliphatic carbocycles. The Morgan fingerprint density at radius 1 is 1.03 bits per heavy atom. The highest BCUT2D eigenvalue weighted by molar-refractivity contribution is 6.46. The van der Waals surface area contributed by atoms with Crippen LogP contribution in [0.3, 0.4) is 0 Å². The summed E-state index contributed by atoms with van der Waals surface area (Å²) in [5.74, 6) is -1.06. The van der Waals surface area contributed by atoms with E-state index in [0.717, 1.165) is 0 Å². The van der Waals surface area contributed by atoms with Crippen molar-refractivity contribution in [3.05, 3.63) is 63.1 Å². The molecule has 31 heavy (non-hydrogen) atoms. The van der Waals surface area contributed by atoms with E-state index >= 15 is 0 Å². The first kappa shape index (κ1) is 22.9. The molecule has 1 amide bonds. The molecule has 7 nitrogen and oxygen atoms in total. The fraction of sp³-hybridized carbons (Fsp3) is 0.273. The van der Waals surface area contributed by atoms with Gasteiger partial charge in [0.15, 0.2) is 5.75 Å². The third kappa shape index (κ3) is 4.35. The molecule has 0 radical (unpaired) electrons. The van der Waals surface area contributed by atoms with E-state index in [1.807, 2.05) is 0 Å². The van der Waals surface area contributed by atoms with Gasteiger partial charge in [-0.2, -0.15) is 0 Å². The van der Waals surface area contributed by atoms with Crippen molar-refractivity contribution in [2.45, 2.75) is 6.04 Å². The van der Waals surface area contributed by atoms with Crippen molar-refractivity contribution in [2.75, 3.05) is 34.5 Å². The van der Waals surface area contributed by atoms with E-state index < -0.39 is 17.7 Å². The molecule has 1 unspecified atom stereocenters. The number of carbonyl (C=O) groups is 2. The molecule has 0 aromatic heterocycles. The topological polar surface area (TPSA) is 85.3 Å². The van der Waals surface area contributed by atoms with Gasteiger partial charge in [0.1, 0.15) is 11.5 Å². The van der Waals surface area contributed by atoms with E-state index in [2.05, 4.69) is 0 Å². The first-order chi connectivity index (χ1) is 14.8. The number of halogens is 2. The quantitative estimate of drug-likeness (QED) is 0.376. The summed E-state index contributed by atoms with van der Waals surface area (Å²) in [5.41, 5.74) is 0.756. The smallest absolute Gasteiger partial charge is 0.295 e. The molecule has 3 rings (SSSR count). The predicted octanol–water partition coefficient (Wildman–Crippen LogP) is 4.08. The standard InChI is InChI=1S/C22H21Cl2NO6/c1-29-9-8-25-18(12-4-6-14(30-2)7-5-12)17(20(27)22(25)28)19(26)13-10-15(23)21(31-3)16(24)11-13/h4-7,10-11,18,26H,8-9H2,1-3H3/b19-17+. The summed E-state index contributed by atoms with van der Waals surface area (Å²) in [6.07, 6.45) is 0. The van der Waals surface area contributed by atoms with Gasteiger partial charge in [0, 0.05) is 19.2 Å². The van der Waals surface area contributed by atoms with Crippen LogP contribution in [-0.2, 0) is 14.3 Å². The number of ether oxygens (including phenoxy) is 3. The molecule has 9 heteroatoms. The number of likely N-dealkylation sites (tertiary alicyclic amines) is 1. The highest BCUT2D eigenvalue weighted by atomic mass is 35.5. The van der Waals surface area contributed by atoms with Gasteiger partial charge in [-0.05, 0) is 29.8 Å². The average Bonchev–Trinajstić information content (AvgIpc) is 3.01. The first-order valence-corrected chi connectivity index (χ1v) is 10.0. The number of ketones is 1. The van der Waals surface area contributed by atoms with Crippen molar-refractivity contribution in [3.63, 3.8) is 0 Å². The summed E-state index contributed by atoms with van der Waals surface area (Å²) >= 11 is 12.4. The van der Waals surface area contributed by atoms with Crippen molar-refractivity contribution in [1.82, 2.24) is 4.90 Å². The van der Waals surface area contributed by atoms with Gasteiger partial charge in [-0.15, -0.1) is 0 Å². The summed E-state index contributed by atoms with van der Waals surface area (Å²) in [4.78, 5) is 27.1. The number of hydrogen-bond donors (Lipinski definition) is 1. The van der Waals surface area contributed by atoms with E-state index in [9.17, 15) is 14.7 Å². The van der Waals surface area contributed by atoms with E-state index in [-0.39, 0.29) is 45.8 Å². The van der Waals surface area contributed by atoms with E-state index in [1.54, 1.807) is 24.3 Å². The zero-order chi connectivity index (χ0) is 22.7. The fourth-order valence-corrected chi connectivity index (χ4v) is 4.12. The third-order valence-electron chi connectivity index (χ3n) is 4.98. The normalized spacial score (nSPS) is 17.8. The monoisotopic (exact) mass is 465 g/mol. The molecule has 1 aliphatic rings. The minimum atomic E-state index is -0.819. The minimum absolute atomic E-state index is 0.0661. The number of aliphatic hydroxyl groups is 1. The zero-order valence-electron chi connectivity index (χ0n) is 17.1. The van der Waals surface area contributed by atoms with E-state index in [4.69, 9.17) is 37.4 Å². The molecule has 1 fully saturated rings. The van der Waals surface area contributed by atoms with Crippen LogP contribution in [0.2, 0.25) is 10.0 Å². The number of carbonyl (C=O) groups excluding carboxylic acids is 2. The van der Waals surface area contributed by atoms with Crippen molar-refractivity contribution >= 4 is 40.7 Å². The number of rotatable bonds is 7. The average molecular weight is 466 g/mol. The molecule has 1 heterocycles. The third-order valence-corrected chi connectivity index (χ3v) is 5.55. The van der Waals surface area contributed by atoms with Crippen LogP contribution >= 0.6 is 23.2 Å². The van der Waals surface area contributed by atoms with Crippen LogP contribution in [0.15, 0.2) is 42.0 Å². The SMILES string of the molecule is COCCN1C(=O)C(=O)/C(=C(/O)c2cc(Cl)c(OC)c(Cl)c2)C1c1ccc(OC)cc1. The molecule has 2 aromatic carbocycles. The highest BCUT2D eigenvalue weighted by Gasteiger charge is 2.46. The summed E-state index contributed by atoms with van der Waals surface area (Å²) in [5, 5.41) is 11.4. The first-order valence-electron chi connectivity index (χ1n) is 9.28. The molecule has 0 bridgehead atoms. The summed E-state index contributed by atoms with van der Waals surface area (Å²) in [6, 6.07) is 8.93. The van der Waals surface area contributed by atoms with Crippen LogP contribution in [0.1, 0.15) is 17.2 Å². The van der Waals surface area contributed by atoms with Gasteiger partial charge in [-0.3, -0.25) is 9.59 Å². The molecule has 164 valence electrons. The van der Waals surface area contributed by atoms with Gasteiger partial charge in [0.05, 0.1) is 42.5 Å². The number of nitrogens with zero attached hydrogens (tertiary/aromatic N) is 1. The van der Waals surface area contributed by atoms with Crippen LogP contribution in [0.25, 0.3) is 5.76 Å². The van der Waals surface area contributed by atoms with Crippen LogP contribution in [0, 0.1) is 0 Å². The maximum Gasteiger partial charge on any atom is 0.295 e. The number of methoxy groups -OCH3 is 3. The molecule has 0 saturated carbocycles. The summed E-state index contributed by atoms with van der Waals surface area (Å²) < 4.78 is 15.4. The zero-order valence-corrected chi connectivity index (χ0v) is 18.7. The molecular formula is C22H21Cl2NO6. The lowest BCUT2D eigenvalue weighted by Crippen LogP contribution is -2.32. The Balaban J connectivity index is 2.18. The molecule has 0 spiro atoms. The molecule has 1 atom stereocenters. The molecule has 2 aromatic rings. The lowest BCUT2D eigenvalue weighted by molar-refractivity contribution is -0.140. The lowest BCUT2D eigenvalue weighted by atomic mass is 9.95. The van der Waals surface area contributed by atoms with Crippen molar-refractivity contribution in [3.8, 4) is 11.5 Å². The fourth-order valence-electron chi connectivity index (χ4n) is 3.48. The van der Waals surface area contributed by atoms with Crippen molar-refractivity contribution < 1.29 is 28.9 Å². The van der Waals surface area contributed by atoms with Gasteiger partial charge in [-0.25, -0.2) is 0 Å². The van der Waals surface area contributed by atoms with E-state index in [0.29, 0.717) is 11.3 Å². The molecular weight excluding hydrogens is 445 g/mol. The molecule has 1 N–H and O–H groups in total. The molecule has 1 saturated heterocycles. The highest BCUT2D eigenvalue weighted by Crippen LogP contribution is 2.42. The van der Waals surface area contributed by atoms with Gasteiger partial charge in [0.25, 0.3) is 11.7 Å². The Morgan fingerprint density at radius 3 is 2.16 bits per heavy atom. The van der Waals surface area contributed by atoms with Gasteiger partial charge < -0.3 is 24.2 Å². The second kappa shape index (κ2) is 9.60. The second-order valence-electron chi connectivity index (χ2n) is 6.73. The number of hydrogen-bond acceptors (Lipinski definition) is 6. The Labute approximate surface area is 189 Å². The number of amides is 1. The van der Waals surface area contributed by atoms with Crippen LogP contribution in [0.4, 0.5) is 0 Å². The van der Waals surface area contributed by atoms with Gasteiger partial charge in [-0.1, -0.05) is 35.3 Å². The Morgan fingerprint density at radius 2 is 1.65 bits per heavy atom. The van der Waals surface area contributed by atoms with Crippen molar-refractivity contribution in [1.29, 1.82) is 0 Å². The number of Topliss-reactive ketones (excluding diaryl/α,β-unsaturated/α-hetero) is 1. The van der Waals surface area contributed by atoms with E-state index in [1.165, 1.54) is 38.4 Å². The number of aliphatic hydroxyl groups excluding tert-OH is 1. The number of benzene rings is 2. The molecule has 1 aliphatic heterocycles.